The highest BCUT2D eigenvalue weighted by atomic mass is 15.4. The van der Waals surface area contributed by atoms with Crippen LogP contribution in [0.15, 0.2) is 30.3 Å². The zero-order valence-corrected chi connectivity index (χ0v) is 9.04. The van der Waals surface area contributed by atoms with Crippen molar-refractivity contribution < 1.29 is 0 Å². The molecule has 0 radical (unpaired) electrons. The lowest BCUT2D eigenvalue weighted by Crippen LogP contribution is -2.05. The smallest absolute Gasteiger partial charge is 0.186 e. The van der Waals surface area contributed by atoms with E-state index in [0.29, 0.717) is 12.1 Å². The van der Waals surface area contributed by atoms with E-state index >= 15 is 0 Å². The summed E-state index contributed by atoms with van der Waals surface area (Å²) >= 11 is 0. The molecule has 0 unspecified atom stereocenters. The summed E-state index contributed by atoms with van der Waals surface area (Å²) in [5, 5.41) is 25.1. The van der Waals surface area contributed by atoms with Gasteiger partial charge in [-0.15, -0.1) is 5.10 Å². The fraction of sp³-hybridized carbons (Fsp3) is 0.167. The van der Waals surface area contributed by atoms with Gasteiger partial charge in [0.2, 0.25) is 0 Å². The molecule has 5 heteroatoms. The van der Waals surface area contributed by atoms with Gasteiger partial charge in [0.1, 0.15) is 12.6 Å². The van der Waals surface area contributed by atoms with Crippen LogP contribution in [0.1, 0.15) is 17.0 Å². The minimum atomic E-state index is 0.108. The summed E-state index contributed by atoms with van der Waals surface area (Å²) in [7, 11) is 0. The maximum Gasteiger partial charge on any atom is 0.186 e. The highest BCUT2D eigenvalue weighted by Gasteiger charge is 2.12. The van der Waals surface area contributed by atoms with Crippen molar-refractivity contribution in [3.63, 3.8) is 0 Å². The summed E-state index contributed by atoms with van der Waals surface area (Å²) in [5.74, 6) is 0. The van der Waals surface area contributed by atoms with E-state index in [1.165, 1.54) is 4.68 Å². The lowest BCUT2D eigenvalue weighted by molar-refractivity contribution is 0.642. The van der Waals surface area contributed by atoms with Crippen LogP contribution in [-0.4, -0.2) is 15.0 Å². The second kappa shape index (κ2) is 4.91. The first-order valence-corrected chi connectivity index (χ1v) is 5.08. The molecular weight excluding hydrogens is 214 g/mol. The second-order valence-electron chi connectivity index (χ2n) is 3.47. The third kappa shape index (κ3) is 2.30. The fourth-order valence-electron chi connectivity index (χ4n) is 1.58. The van der Waals surface area contributed by atoms with Gasteiger partial charge < -0.3 is 0 Å². The number of nitriles is 2. The maximum atomic E-state index is 8.93. The van der Waals surface area contributed by atoms with Crippen LogP contribution in [-0.2, 0) is 13.0 Å². The van der Waals surface area contributed by atoms with Crippen molar-refractivity contribution in [3.8, 4) is 12.1 Å². The summed E-state index contributed by atoms with van der Waals surface area (Å²) in [6, 6.07) is 13.7. The van der Waals surface area contributed by atoms with Crippen LogP contribution in [0.25, 0.3) is 0 Å². The number of hydrogen-bond donors (Lipinski definition) is 0. The van der Waals surface area contributed by atoms with Crippen molar-refractivity contribution in [1.29, 1.82) is 10.5 Å². The first-order valence-electron chi connectivity index (χ1n) is 5.08. The van der Waals surface area contributed by atoms with Gasteiger partial charge in [0.25, 0.3) is 0 Å². The lowest BCUT2D eigenvalue weighted by Gasteiger charge is -2.02. The first-order chi connectivity index (χ1) is 8.35. The summed E-state index contributed by atoms with van der Waals surface area (Å²) in [6.07, 6.45) is 0.554. The Balaban J connectivity index is 2.35. The SMILES string of the molecule is N#CCn1nnc(C#N)c1Cc1ccccc1. The van der Waals surface area contributed by atoms with Crippen LogP contribution in [0.4, 0.5) is 0 Å². The van der Waals surface area contributed by atoms with Crippen molar-refractivity contribution in [1.82, 2.24) is 15.0 Å². The number of benzene rings is 1. The predicted octanol–water partition coefficient (Wildman–Crippen LogP) is 1.26. The average Bonchev–Trinajstić information content (AvgIpc) is 2.74. The Labute approximate surface area is 98.5 Å². The third-order valence-corrected chi connectivity index (χ3v) is 2.38. The van der Waals surface area contributed by atoms with E-state index < -0.39 is 0 Å². The number of rotatable bonds is 3. The van der Waals surface area contributed by atoms with Crippen molar-refractivity contribution in [2.24, 2.45) is 0 Å². The molecule has 0 fully saturated rings. The Bertz CT molecular complexity index is 586. The Morgan fingerprint density at radius 3 is 2.59 bits per heavy atom. The molecule has 0 spiro atoms. The molecule has 2 rings (SSSR count). The summed E-state index contributed by atoms with van der Waals surface area (Å²) in [5.41, 5.74) is 2.02. The Kier molecular flexibility index (Phi) is 3.13. The molecule has 0 saturated heterocycles. The van der Waals surface area contributed by atoms with Gasteiger partial charge in [0.05, 0.1) is 11.8 Å². The van der Waals surface area contributed by atoms with Crippen LogP contribution in [0.5, 0.6) is 0 Å². The second-order valence-corrected chi connectivity index (χ2v) is 3.47. The van der Waals surface area contributed by atoms with Crippen LogP contribution in [0, 0.1) is 22.7 Å². The molecule has 2 aromatic rings. The monoisotopic (exact) mass is 223 g/mol. The topological polar surface area (TPSA) is 78.3 Å². The Morgan fingerprint density at radius 2 is 1.94 bits per heavy atom. The van der Waals surface area contributed by atoms with Gasteiger partial charge in [-0.05, 0) is 5.56 Å². The predicted molar refractivity (Wildman–Crippen MR) is 59.6 cm³/mol. The van der Waals surface area contributed by atoms with E-state index in [0.717, 1.165) is 5.56 Å². The number of nitrogens with zero attached hydrogens (tertiary/aromatic N) is 5. The zero-order valence-electron chi connectivity index (χ0n) is 9.04. The highest BCUT2D eigenvalue weighted by molar-refractivity contribution is 5.30. The zero-order chi connectivity index (χ0) is 12.1. The summed E-state index contributed by atoms with van der Waals surface area (Å²) < 4.78 is 1.46. The highest BCUT2D eigenvalue weighted by Crippen LogP contribution is 2.11. The largest absolute Gasteiger partial charge is 0.233 e. The van der Waals surface area contributed by atoms with E-state index in [1.54, 1.807) is 0 Å². The molecule has 0 saturated carbocycles. The van der Waals surface area contributed by atoms with Crippen molar-refractivity contribution >= 4 is 0 Å². The summed E-state index contributed by atoms with van der Waals surface area (Å²) in [6.45, 7) is 0.108. The normalized spacial score (nSPS) is 9.53. The maximum absolute atomic E-state index is 8.93. The lowest BCUT2D eigenvalue weighted by atomic mass is 10.1. The third-order valence-electron chi connectivity index (χ3n) is 2.38. The molecule has 0 aliphatic heterocycles. The van der Waals surface area contributed by atoms with Crippen molar-refractivity contribution in [2.45, 2.75) is 13.0 Å². The van der Waals surface area contributed by atoms with E-state index in [4.69, 9.17) is 10.5 Å². The molecule has 0 amide bonds. The van der Waals surface area contributed by atoms with E-state index in [9.17, 15) is 0 Å². The average molecular weight is 223 g/mol. The van der Waals surface area contributed by atoms with Gasteiger partial charge in [-0.3, -0.25) is 0 Å². The molecule has 0 N–H and O–H groups in total. The van der Waals surface area contributed by atoms with Crippen LogP contribution < -0.4 is 0 Å². The molecule has 1 aromatic heterocycles. The quantitative estimate of drug-likeness (QED) is 0.784. The molecular formula is C12H9N5. The molecule has 0 aliphatic rings. The molecule has 0 atom stereocenters. The summed E-state index contributed by atoms with van der Waals surface area (Å²) in [4.78, 5) is 0. The van der Waals surface area contributed by atoms with Gasteiger partial charge in [-0.25, -0.2) is 4.68 Å². The Hall–Kier alpha value is -2.66. The fourth-order valence-corrected chi connectivity index (χ4v) is 1.58. The van der Waals surface area contributed by atoms with Gasteiger partial charge in [-0.2, -0.15) is 10.5 Å². The number of hydrogen-bond acceptors (Lipinski definition) is 4. The molecule has 0 bridgehead atoms. The molecule has 17 heavy (non-hydrogen) atoms. The van der Waals surface area contributed by atoms with Crippen LogP contribution in [0.2, 0.25) is 0 Å². The molecule has 1 aromatic carbocycles. The van der Waals surface area contributed by atoms with Gasteiger partial charge in [-0.1, -0.05) is 35.5 Å². The van der Waals surface area contributed by atoms with Gasteiger partial charge in [0, 0.05) is 6.42 Å². The minimum absolute atomic E-state index is 0.108. The standard InChI is InChI=1S/C12H9N5/c13-6-7-17-12(11(9-14)15-16-17)8-10-4-2-1-3-5-10/h1-5H,7-8H2. The van der Waals surface area contributed by atoms with Crippen molar-refractivity contribution in [2.75, 3.05) is 0 Å². The van der Waals surface area contributed by atoms with Gasteiger partial charge in [0.15, 0.2) is 5.69 Å². The number of aromatic nitrogens is 3. The minimum Gasteiger partial charge on any atom is -0.233 e. The van der Waals surface area contributed by atoms with E-state index in [1.807, 2.05) is 42.5 Å². The molecule has 0 aliphatic carbocycles. The molecule has 1 heterocycles. The van der Waals surface area contributed by atoms with E-state index in [2.05, 4.69) is 10.3 Å². The van der Waals surface area contributed by atoms with Crippen LogP contribution in [0.3, 0.4) is 0 Å². The molecule has 5 nitrogen and oxygen atoms in total. The Morgan fingerprint density at radius 1 is 1.18 bits per heavy atom. The molecule has 82 valence electrons. The van der Waals surface area contributed by atoms with Crippen molar-refractivity contribution in [3.05, 3.63) is 47.3 Å². The van der Waals surface area contributed by atoms with Crippen LogP contribution >= 0.6 is 0 Å². The first kappa shape index (κ1) is 10.8. The van der Waals surface area contributed by atoms with E-state index in [-0.39, 0.29) is 12.2 Å². The van der Waals surface area contributed by atoms with Gasteiger partial charge >= 0.3 is 0 Å².